The Labute approximate surface area is 76.5 Å². The van der Waals surface area contributed by atoms with Gasteiger partial charge in [0, 0.05) is 6.20 Å². The lowest BCUT2D eigenvalue weighted by atomic mass is 10.2. The van der Waals surface area contributed by atoms with Crippen molar-refractivity contribution < 1.29 is 4.74 Å². The van der Waals surface area contributed by atoms with Gasteiger partial charge in [-0.2, -0.15) is 0 Å². The molecule has 68 valence electrons. The summed E-state index contributed by atoms with van der Waals surface area (Å²) in [4.78, 5) is 8.45. The van der Waals surface area contributed by atoms with Gasteiger partial charge in [0.15, 0.2) is 0 Å². The van der Waals surface area contributed by atoms with E-state index in [1.807, 2.05) is 18.2 Å². The number of hydrogen-bond acceptors (Lipinski definition) is 4. The molecule has 0 bridgehead atoms. The van der Waals surface area contributed by atoms with Crippen molar-refractivity contribution >= 4 is 5.84 Å². The molecule has 2 N–H and O–H groups in total. The fourth-order valence-corrected chi connectivity index (χ4v) is 1.27. The topological polar surface area (TPSA) is 60.5 Å². The number of aromatic nitrogens is 1. The van der Waals surface area contributed by atoms with Crippen LogP contribution in [0.4, 0.5) is 0 Å². The van der Waals surface area contributed by atoms with E-state index in [1.54, 1.807) is 6.20 Å². The first kappa shape index (κ1) is 8.19. The lowest BCUT2D eigenvalue weighted by molar-refractivity contribution is 0.142. The Balaban J connectivity index is 2.22. The number of ether oxygens (including phenoxy) is 1. The third kappa shape index (κ3) is 1.84. The summed E-state index contributed by atoms with van der Waals surface area (Å²) in [6.07, 6.45) is 1.75. The highest BCUT2D eigenvalue weighted by Crippen LogP contribution is 2.17. The second kappa shape index (κ2) is 3.53. The maximum Gasteiger partial charge on any atom is 0.121 e. The van der Waals surface area contributed by atoms with Gasteiger partial charge >= 0.3 is 0 Å². The highest BCUT2D eigenvalue weighted by atomic mass is 16.5. The molecule has 0 aromatic carbocycles. The molecule has 1 aliphatic heterocycles. The molecule has 0 aliphatic carbocycles. The van der Waals surface area contributed by atoms with Gasteiger partial charge in [-0.05, 0) is 12.1 Å². The van der Waals surface area contributed by atoms with Crippen LogP contribution in [0.2, 0.25) is 0 Å². The molecule has 2 rings (SSSR count). The predicted octanol–water partition coefficient (Wildman–Crippen LogP) is 0.510. The summed E-state index contributed by atoms with van der Waals surface area (Å²) in [7, 11) is 0. The van der Waals surface area contributed by atoms with Gasteiger partial charge in [0.1, 0.15) is 18.5 Å². The number of amidine groups is 1. The second-order valence-corrected chi connectivity index (χ2v) is 2.91. The lowest BCUT2D eigenvalue weighted by Gasteiger charge is -2.18. The standard InChI is InChI=1S/C9H11N3O/c10-9-6-13-5-8(12-9)7-3-1-2-4-11-7/h1-4,8H,5-6H2,(H2,10,12). The van der Waals surface area contributed by atoms with E-state index in [1.165, 1.54) is 0 Å². The van der Waals surface area contributed by atoms with E-state index >= 15 is 0 Å². The van der Waals surface area contributed by atoms with E-state index in [-0.39, 0.29) is 6.04 Å². The smallest absolute Gasteiger partial charge is 0.121 e. The summed E-state index contributed by atoms with van der Waals surface area (Å²) < 4.78 is 5.25. The fraction of sp³-hybridized carbons (Fsp3) is 0.333. The molecule has 2 heterocycles. The molecule has 1 aromatic heterocycles. The zero-order valence-electron chi connectivity index (χ0n) is 7.18. The van der Waals surface area contributed by atoms with Crippen LogP contribution < -0.4 is 5.73 Å². The van der Waals surface area contributed by atoms with E-state index in [2.05, 4.69) is 9.98 Å². The summed E-state index contributed by atoms with van der Waals surface area (Å²) in [6.45, 7) is 1.00. The zero-order valence-corrected chi connectivity index (χ0v) is 7.18. The van der Waals surface area contributed by atoms with Gasteiger partial charge < -0.3 is 10.5 Å². The number of nitrogens with two attached hydrogens (primary N) is 1. The molecule has 4 nitrogen and oxygen atoms in total. The molecule has 4 heteroatoms. The summed E-state index contributed by atoms with van der Waals surface area (Å²) in [5, 5.41) is 0. The Morgan fingerprint density at radius 2 is 2.38 bits per heavy atom. The monoisotopic (exact) mass is 177 g/mol. The average Bonchev–Trinajstić information content (AvgIpc) is 2.19. The van der Waals surface area contributed by atoms with Crippen LogP contribution in [0.15, 0.2) is 29.4 Å². The highest BCUT2D eigenvalue weighted by molar-refractivity contribution is 5.82. The SMILES string of the molecule is NC1=NC(c2ccccn2)COC1. The van der Waals surface area contributed by atoms with Crippen molar-refractivity contribution in [3.63, 3.8) is 0 Å². The Morgan fingerprint density at radius 3 is 3.08 bits per heavy atom. The van der Waals surface area contributed by atoms with Crippen LogP contribution in [0.3, 0.4) is 0 Å². The van der Waals surface area contributed by atoms with Crippen molar-refractivity contribution in [1.82, 2.24) is 4.98 Å². The van der Waals surface area contributed by atoms with Crippen LogP contribution in [0, 0.1) is 0 Å². The minimum Gasteiger partial charge on any atom is -0.386 e. The maximum atomic E-state index is 5.56. The minimum absolute atomic E-state index is 0.0325. The number of hydrogen-bond donors (Lipinski definition) is 1. The first-order chi connectivity index (χ1) is 6.36. The lowest BCUT2D eigenvalue weighted by Crippen LogP contribution is -2.27. The van der Waals surface area contributed by atoms with Gasteiger partial charge in [-0.25, -0.2) is 0 Å². The predicted molar refractivity (Wildman–Crippen MR) is 49.4 cm³/mol. The van der Waals surface area contributed by atoms with Gasteiger partial charge in [-0.3, -0.25) is 9.98 Å². The second-order valence-electron chi connectivity index (χ2n) is 2.91. The summed E-state index contributed by atoms with van der Waals surface area (Å²) in [5.41, 5.74) is 6.47. The van der Waals surface area contributed by atoms with Gasteiger partial charge in [-0.15, -0.1) is 0 Å². The van der Waals surface area contributed by atoms with Gasteiger partial charge in [0.05, 0.1) is 12.3 Å². The van der Waals surface area contributed by atoms with E-state index < -0.39 is 0 Å². The van der Waals surface area contributed by atoms with Crippen LogP contribution in [0.25, 0.3) is 0 Å². The first-order valence-corrected chi connectivity index (χ1v) is 4.17. The molecule has 0 saturated heterocycles. The first-order valence-electron chi connectivity index (χ1n) is 4.17. The van der Waals surface area contributed by atoms with Crippen molar-refractivity contribution in [2.24, 2.45) is 10.7 Å². The van der Waals surface area contributed by atoms with Crippen LogP contribution in [0.1, 0.15) is 11.7 Å². The molecule has 0 saturated carbocycles. The van der Waals surface area contributed by atoms with Crippen molar-refractivity contribution in [2.75, 3.05) is 13.2 Å². The molecule has 0 amide bonds. The number of pyridine rings is 1. The summed E-state index contributed by atoms with van der Waals surface area (Å²) >= 11 is 0. The Hall–Kier alpha value is -1.42. The molecule has 1 aliphatic rings. The molecule has 13 heavy (non-hydrogen) atoms. The van der Waals surface area contributed by atoms with Crippen molar-refractivity contribution in [2.45, 2.75) is 6.04 Å². The van der Waals surface area contributed by atoms with Gasteiger partial charge in [0.25, 0.3) is 0 Å². The van der Waals surface area contributed by atoms with Gasteiger partial charge in [0.2, 0.25) is 0 Å². The highest BCUT2D eigenvalue weighted by Gasteiger charge is 2.16. The molecular formula is C9H11N3O. The maximum absolute atomic E-state index is 5.56. The number of aliphatic imine (C=N–C) groups is 1. The fourth-order valence-electron chi connectivity index (χ4n) is 1.27. The molecule has 1 aromatic rings. The van der Waals surface area contributed by atoms with E-state index in [9.17, 15) is 0 Å². The largest absolute Gasteiger partial charge is 0.386 e. The number of rotatable bonds is 1. The molecule has 0 radical (unpaired) electrons. The third-order valence-corrected chi connectivity index (χ3v) is 1.88. The van der Waals surface area contributed by atoms with E-state index in [0.717, 1.165) is 5.69 Å². The van der Waals surface area contributed by atoms with Crippen LogP contribution in [-0.4, -0.2) is 24.0 Å². The number of nitrogens with zero attached hydrogens (tertiary/aromatic N) is 2. The summed E-state index contributed by atoms with van der Waals surface area (Å²) in [5.74, 6) is 0.543. The molecule has 1 atom stereocenters. The normalized spacial score (nSPS) is 22.5. The van der Waals surface area contributed by atoms with Crippen molar-refractivity contribution in [3.05, 3.63) is 30.1 Å². The third-order valence-electron chi connectivity index (χ3n) is 1.88. The van der Waals surface area contributed by atoms with E-state index in [0.29, 0.717) is 19.0 Å². The molecule has 1 unspecified atom stereocenters. The quantitative estimate of drug-likeness (QED) is 0.679. The Morgan fingerprint density at radius 1 is 1.46 bits per heavy atom. The zero-order chi connectivity index (χ0) is 9.10. The van der Waals surface area contributed by atoms with E-state index in [4.69, 9.17) is 10.5 Å². The van der Waals surface area contributed by atoms with Crippen LogP contribution in [0.5, 0.6) is 0 Å². The molecule has 0 fully saturated rings. The Kier molecular flexibility index (Phi) is 2.23. The van der Waals surface area contributed by atoms with Crippen LogP contribution >= 0.6 is 0 Å². The molecular weight excluding hydrogens is 166 g/mol. The molecule has 0 spiro atoms. The summed E-state index contributed by atoms with van der Waals surface area (Å²) in [6, 6.07) is 5.70. The minimum atomic E-state index is -0.0325. The van der Waals surface area contributed by atoms with Crippen molar-refractivity contribution in [3.8, 4) is 0 Å². The van der Waals surface area contributed by atoms with Crippen molar-refractivity contribution in [1.29, 1.82) is 0 Å². The Bertz CT molecular complexity index is 310. The van der Waals surface area contributed by atoms with Crippen LogP contribution in [-0.2, 0) is 4.74 Å². The average molecular weight is 177 g/mol. The van der Waals surface area contributed by atoms with Gasteiger partial charge in [-0.1, -0.05) is 6.07 Å².